The Morgan fingerprint density at radius 3 is 1.47 bits per heavy atom. The van der Waals surface area contributed by atoms with Gasteiger partial charge in [-0.05, 0) is 0 Å². The van der Waals surface area contributed by atoms with E-state index in [-0.39, 0.29) is 0 Å². The summed E-state index contributed by atoms with van der Waals surface area (Å²) in [4.78, 5) is 1.65. The number of rotatable bonds is 15. The maximum absolute atomic E-state index is 5.33. The predicted octanol–water partition coefficient (Wildman–Crippen LogP) is 2.33. The van der Waals surface area contributed by atoms with Crippen molar-refractivity contribution in [2.75, 3.05) is 64.8 Å². The summed E-state index contributed by atoms with van der Waals surface area (Å²) in [6.07, 6.45) is 1.57. The van der Waals surface area contributed by atoms with Crippen LogP contribution in [0.2, 0.25) is 0 Å². The first-order chi connectivity index (χ1) is 9.41. The quantitative estimate of drug-likeness (QED) is 0.238. The molecule has 0 unspecified atom stereocenters. The summed E-state index contributed by atoms with van der Waals surface area (Å²) < 4.78 is 26.2. The number of ether oxygens (including phenoxy) is 5. The van der Waals surface area contributed by atoms with Gasteiger partial charge in [0.2, 0.25) is 0 Å². The van der Waals surface area contributed by atoms with Crippen molar-refractivity contribution in [3.8, 4) is 0 Å². The van der Waals surface area contributed by atoms with E-state index in [0.29, 0.717) is 59.5 Å². The van der Waals surface area contributed by atoms with Crippen LogP contribution in [0.25, 0.3) is 0 Å². The molecule has 0 atom stereocenters. The fraction of sp³-hybridized carbons (Fsp3) is 0.833. The Bertz CT molecular complexity index is 193. The highest BCUT2D eigenvalue weighted by atomic mass is 79.9. The minimum Gasteiger partial charge on any atom is -0.498 e. The second kappa shape index (κ2) is 18.3. The van der Waals surface area contributed by atoms with Gasteiger partial charge >= 0.3 is 0 Å². The van der Waals surface area contributed by atoms with E-state index in [4.69, 9.17) is 23.7 Å². The molecule has 0 saturated carbocycles. The summed E-state index contributed by atoms with van der Waals surface area (Å²) in [7, 11) is 0. The minimum absolute atomic E-state index is 0.541. The van der Waals surface area contributed by atoms with E-state index >= 15 is 0 Å². The first kappa shape index (κ1) is 19.3. The monoisotopic (exact) mass is 404 g/mol. The van der Waals surface area contributed by atoms with E-state index in [9.17, 15) is 0 Å². The van der Waals surface area contributed by atoms with Gasteiger partial charge in [0.05, 0.1) is 59.1 Å². The molecule has 0 aromatic rings. The van der Waals surface area contributed by atoms with Gasteiger partial charge < -0.3 is 23.7 Å². The Morgan fingerprint density at radius 2 is 1.05 bits per heavy atom. The number of alkyl halides is 1. The zero-order valence-electron chi connectivity index (χ0n) is 11.0. The van der Waals surface area contributed by atoms with Crippen LogP contribution in [0.3, 0.4) is 0 Å². The molecular weight excluding hydrogens is 384 g/mol. The molecule has 0 N–H and O–H groups in total. The Hall–Kier alpha value is 0.340. The van der Waals surface area contributed by atoms with E-state index in [1.165, 1.54) is 0 Å². The van der Waals surface area contributed by atoms with Crippen molar-refractivity contribution in [1.82, 2.24) is 0 Å². The lowest BCUT2D eigenvalue weighted by Crippen LogP contribution is -2.13. The van der Waals surface area contributed by atoms with Crippen LogP contribution in [0.4, 0.5) is 0 Å². The summed E-state index contributed by atoms with van der Waals surface area (Å²) in [6, 6.07) is 0. The number of halogens is 2. The van der Waals surface area contributed by atoms with E-state index in [1.54, 1.807) is 11.2 Å². The number of hydrogen-bond acceptors (Lipinski definition) is 5. The normalized spacial score (nSPS) is 11.3. The highest BCUT2D eigenvalue weighted by Gasteiger charge is 1.92. The largest absolute Gasteiger partial charge is 0.498 e. The van der Waals surface area contributed by atoms with Gasteiger partial charge in [0, 0.05) is 10.3 Å². The first-order valence-corrected chi connectivity index (χ1v) is 8.19. The highest BCUT2D eigenvalue weighted by Crippen LogP contribution is 1.86. The average Bonchev–Trinajstić information content (AvgIpc) is 2.43. The SMILES string of the molecule is BrC=COCCOCCOCCOCCOCCBr. The zero-order chi connectivity index (χ0) is 14.0. The molecule has 0 rings (SSSR count). The van der Waals surface area contributed by atoms with Crippen molar-refractivity contribution in [2.45, 2.75) is 0 Å². The third-order valence-electron chi connectivity index (χ3n) is 1.83. The molecule has 0 aliphatic carbocycles. The van der Waals surface area contributed by atoms with Crippen molar-refractivity contribution >= 4 is 31.9 Å². The molecule has 114 valence electrons. The fourth-order valence-corrected chi connectivity index (χ4v) is 1.41. The van der Waals surface area contributed by atoms with E-state index in [2.05, 4.69) is 31.9 Å². The number of hydrogen-bond donors (Lipinski definition) is 0. The van der Waals surface area contributed by atoms with E-state index in [0.717, 1.165) is 5.33 Å². The fourth-order valence-electron chi connectivity index (χ4n) is 1.03. The molecular formula is C12H22Br2O5. The maximum atomic E-state index is 5.33. The predicted molar refractivity (Wildman–Crippen MR) is 81.1 cm³/mol. The Morgan fingerprint density at radius 1 is 0.632 bits per heavy atom. The Balaban J connectivity index is 2.91. The summed E-state index contributed by atoms with van der Waals surface area (Å²) in [5.41, 5.74) is 0. The van der Waals surface area contributed by atoms with Crippen molar-refractivity contribution in [2.24, 2.45) is 0 Å². The molecule has 0 aliphatic rings. The molecule has 0 amide bonds. The lowest BCUT2D eigenvalue weighted by Gasteiger charge is -2.07. The molecule has 0 aromatic heterocycles. The van der Waals surface area contributed by atoms with Crippen LogP contribution in [-0.2, 0) is 23.7 Å². The second-order valence-corrected chi connectivity index (χ2v) is 4.59. The van der Waals surface area contributed by atoms with E-state index in [1.807, 2.05) is 0 Å². The maximum Gasteiger partial charge on any atom is 0.111 e. The first-order valence-electron chi connectivity index (χ1n) is 6.15. The van der Waals surface area contributed by atoms with Crippen LogP contribution in [0.5, 0.6) is 0 Å². The lowest BCUT2D eigenvalue weighted by molar-refractivity contribution is -0.00480. The van der Waals surface area contributed by atoms with Crippen molar-refractivity contribution in [1.29, 1.82) is 0 Å². The molecule has 0 spiro atoms. The minimum atomic E-state index is 0.541. The van der Waals surface area contributed by atoms with Gasteiger partial charge in [-0.2, -0.15) is 0 Å². The molecule has 5 nitrogen and oxygen atoms in total. The molecule has 0 fully saturated rings. The van der Waals surface area contributed by atoms with Crippen LogP contribution in [0, 0.1) is 0 Å². The van der Waals surface area contributed by atoms with Crippen molar-refractivity contribution in [3.63, 3.8) is 0 Å². The van der Waals surface area contributed by atoms with Gasteiger partial charge in [-0.15, -0.1) is 0 Å². The molecule has 0 bridgehead atoms. The standard InChI is InChI=1S/C12H22Br2O5/c13-1-3-15-5-7-17-9-11-19-12-10-18-8-6-16-4-2-14/h1,3H,2,4-12H2. The van der Waals surface area contributed by atoms with Crippen molar-refractivity contribution in [3.05, 3.63) is 11.2 Å². The van der Waals surface area contributed by atoms with Gasteiger partial charge in [0.25, 0.3) is 0 Å². The second-order valence-electron chi connectivity index (χ2n) is 3.27. The van der Waals surface area contributed by atoms with Crippen LogP contribution >= 0.6 is 31.9 Å². The molecule has 0 aliphatic heterocycles. The summed E-state index contributed by atoms with van der Waals surface area (Å²) >= 11 is 6.38. The molecule has 0 saturated heterocycles. The Kier molecular flexibility index (Phi) is 18.7. The Labute approximate surface area is 131 Å². The van der Waals surface area contributed by atoms with Crippen LogP contribution in [-0.4, -0.2) is 64.8 Å². The van der Waals surface area contributed by atoms with Gasteiger partial charge in [-0.25, -0.2) is 0 Å². The molecule has 0 heterocycles. The zero-order valence-corrected chi connectivity index (χ0v) is 14.2. The summed E-state index contributed by atoms with van der Waals surface area (Å²) in [5.74, 6) is 0. The summed E-state index contributed by atoms with van der Waals surface area (Å²) in [6.45, 7) is 5.33. The molecule has 19 heavy (non-hydrogen) atoms. The van der Waals surface area contributed by atoms with Crippen LogP contribution in [0.15, 0.2) is 11.2 Å². The third-order valence-corrected chi connectivity index (χ3v) is 2.37. The van der Waals surface area contributed by atoms with Crippen LogP contribution < -0.4 is 0 Å². The smallest absolute Gasteiger partial charge is 0.111 e. The van der Waals surface area contributed by atoms with E-state index < -0.39 is 0 Å². The summed E-state index contributed by atoms with van der Waals surface area (Å²) in [5, 5.41) is 0.855. The van der Waals surface area contributed by atoms with Crippen LogP contribution in [0.1, 0.15) is 0 Å². The average molecular weight is 406 g/mol. The lowest BCUT2D eigenvalue weighted by atomic mass is 10.7. The van der Waals surface area contributed by atoms with Gasteiger partial charge in [-0.1, -0.05) is 31.9 Å². The van der Waals surface area contributed by atoms with Crippen molar-refractivity contribution < 1.29 is 23.7 Å². The van der Waals surface area contributed by atoms with Gasteiger partial charge in [0.15, 0.2) is 0 Å². The topological polar surface area (TPSA) is 46.2 Å². The van der Waals surface area contributed by atoms with Gasteiger partial charge in [-0.3, -0.25) is 0 Å². The third kappa shape index (κ3) is 18.3. The molecule has 0 radical (unpaired) electrons. The highest BCUT2D eigenvalue weighted by molar-refractivity contribution is 9.11. The molecule has 7 heteroatoms. The molecule has 0 aromatic carbocycles. The van der Waals surface area contributed by atoms with Gasteiger partial charge in [0.1, 0.15) is 6.61 Å².